The number of anilines is 1. The number of thiazole rings is 1. The second-order valence-electron chi connectivity index (χ2n) is 6.56. The number of aromatic nitrogens is 3. The Morgan fingerprint density at radius 1 is 1.03 bits per heavy atom. The lowest BCUT2D eigenvalue weighted by Gasteiger charge is -2.12. The number of rotatable bonds is 6. The first-order valence-corrected chi connectivity index (χ1v) is 9.98. The molecule has 29 heavy (non-hydrogen) atoms. The molecule has 4 aromatic rings. The molecular formula is C20H16ClF2N5S. The van der Waals surface area contributed by atoms with Crippen LogP contribution in [0.3, 0.4) is 0 Å². The Morgan fingerprint density at radius 3 is 2.72 bits per heavy atom. The van der Waals surface area contributed by atoms with Gasteiger partial charge in [0, 0.05) is 42.6 Å². The molecule has 3 heterocycles. The predicted octanol–water partition coefficient (Wildman–Crippen LogP) is 4.67. The molecule has 0 radical (unpaired) electrons. The zero-order chi connectivity index (χ0) is 20.4. The minimum Gasteiger partial charge on any atom is -0.360 e. The van der Waals surface area contributed by atoms with Crippen molar-refractivity contribution in [2.75, 3.05) is 11.9 Å². The summed E-state index contributed by atoms with van der Waals surface area (Å²) in [4.78, 5) is 12.6. The van der Waals surface area contributed by atoms with Crippen molar-refractivity contribution < 1.29 is 8.78 Å². The van der Waals surface area contributed by atoms with E-state index in [4.69, 9.17) is 17.3 Å². The van der Waals surface area contributed by atoms with E-state index in [1.54, 1.807) is 6.20 Å². The lowest BCUT2D eigenvalue weighted by atomic mass is 10.1. The molecular weight excluding hydrogens is 416 g/mol. The summed E-state index contributed by atoms with van der Waals surface area (Å²) in [5.41, 5.74) is 7.86. The van der Waals surface area contributed by atoms with E-state index in [9.17, 15) is 8.78 Å². The fourth-order valence-corrected chi connectivity index (χ4v) is 3.93. The Kier molecular flexibility index (Phi) is 5.66. The van der Waals surface area contributed by atoms with E-state index in [-0.39, 0.29) is 11.1 Å². The maximum atomic E-state index is 13.4. The average molecular weight is 432 g/mol. The van der Waals surface area contributed by atoms with E-state index < -0.39 is 11.9 Å². The summed E-state index contributed by atoms with van der Waals surface area (Å²) < 4.78 is 26.5. The summed E-state index contributed by atoms with van der Waals surface area (Å²) in [6.07, 6.45) is 5.21. The molecule has 0 fully saturated rings. The van der Waals surface area contributed by atoms with Gasteiger partial charge in [0.1, 0.15) is 0 Å². The van der Waals surface area contributed by atoms with Gasteiger partial charge in [-0.15, -0.1) is 0 Å². The summed E-state index contributed by atoms with van der Waals surface area (Å²) >= 11 is 7.23. The van der Waals surface area contributed by atoms with Crippen molar-refractivity contribution in [3.8, 4) is 10.4 Å². The Bertz CT molecular complexity index is 1170. The molecule has 148 valence electrons. The van der Waals surface area contributed by atoms with Gasteiger partial charge in [0.2, 0.25) is 11.9 Å². The molecule has 0 aliphatic heterocycles. The first-order chi connectivity index (χ1) is 14.0. The molecule has 0 bridgehead atoms. The van der Waals surface area contributed by atoms with Crippen LogP contribution in [0.1, 0.15) is 5.56 Å². The van der Waals surface area contributed by atoms with Gasteiger partial charge in [0.15, 0.2) is 5.13 Å². The van der Waals surface area contributed by atoms with Gasteiger partial charge in [-0.25, -0.2) is 15.0 Å². The fraction of sp³-hybridized carbons (Fsp3) is 0.150. The molecule has 1 atom stereocenters. The maximum absolute atomic E-state index is 13.4. The van der Waals surface area contributed by atoms with Crippen molar-refractivity contribution in [2.45, 2.75) is 12.5 Å². The van der Waals surface area contributed by atoms with Gasteiger partial charge >= 0.3 is 0 Å². The summed E-state index contributed by atoms with van der Waals surface area (Å²) in [6.45, 7) is 0.483. The summed E-state index contributed by atoms with van der Waals surface area (Å²) in [5, 5.41) is 5.58. The molecule has 3 aromatic heterocycles. The number of halogens is 3. The number of nitrogens with two attached hydrogens (primary N) is 1. The first-order valence-electron chi connectivity index (χ1n) is 8.79. The molecule has 3 N–H and O–H groups in total. The zero-order valence-corrected chi connectivity index (χ0v) is 16.6. The number of hydrogen-bond donors (Lipinski definition) is 2. The highest BCUT2D eigenvalue weighted by Gasteiger charge is 2.10. The highest BCUT2D eigenvalue weighted by atomic mass is 35.5. The standard InChI is InChI=1S/C20H16ClF2N5S/c21-16-4-11(7-26-19(16)23)3-15(24)9-27-20-28-10-17(29-20)12-1-2-13-8-25-18(22)6-14(13)5-12/h1-2,4-8,10,15H,3,9,24H2,(H,27,28). The van der Waals surface area contributed by atoms with E-state index >= 15 is 0 Å². The molecule has 9 heteroatoms. The van der Waals surface area contributed by atoms with Gasteiger partial charge in [-0.05, 0) is 35.1 Å². The molecule has 4 rings (SSSR count). The molecule has 0 spiro atoms. The number of nitrogens with zero attached hydrogens (tertiary/aromatic N) is 3. The van der Waals surface area contributed by atoms with Crippen LogP contribution in [0.2, 0.25) is 5.02 Å². The predicted molar refractivity (Wildman–Crippen MR) is 112 cm³/mol. The van der Waals surface area contributed by atoms with Crippen LogP contribution in [0, 0.1) is 11.9 Å². The normalized spacial score (nSPS) is 12.3. The quantitative estimate of drug-likeness (QED) is 0.434. The summed E-state index contributed by atoms with van der Waals surface area (Å²) in [5.74, 6) is -1.20. The highest BCUT2D eigenvalue weighted by Crippen LogP contribution is 2.31. The molecule has 0 saturated carbocycles. The molecule has 0 aliphatic rings. The van der Waals surface area contributed by atoms with Crippen molar-refractivity contribution in [3.63, 3.8) is 0 Å². The van der Waals surface area contributed by atoms with Gasteiger partial charge in [-0.2, -0.15) is 8.78 Å². The van der Waals surface area contributed by atoms with Crippen LogP contribution >= 0.6 is 22.9 Å². The van der Waals surface area contributed by atoms with Crippen LogP contribution in [0.15, 0.2) is 48.9 Å². The third-order valence-electron chi connectivity index (χ3n) is 4.34. The number of fused-ring (bicyclic) bond motifs is 1. The van der Waals surface area contributed by atoms with Crippen LogP contribution in [-0.4, -0.2) is 27.5 Å². The lowest BCUT2D eigenvalue weighted by molar-refractivity contribution is 0.581. The lowest BCUT2D eigenvalue weighted by Crippen LogP contribution is -2.31. The molecule has 0 aliphatic carbocycles. The minimum atomic E-state index is -0.690. The third-order valence-corrected chi connectivity index (χ3v) is 5.61. The smallest absolute Gasteiger partial charge is 0.231 e. The van der Waals surface area contributed by atoms with Crippen molar-refractivity contribution in [2.24, 2.45) is 5.73 Å². The zero-order valence-electron chi connectivity index (χ0n) is 15.1. The molecule has 0 saturated heterocycles. The average Bonchev–Trinajstić information content (AvgIpc) is 3.18. The largest absolute Gasteiger partial charge is 0.360 e. The van der Waals surface area contributed by atoms with E-state index in [1.165, 1.54) is 35.9 Å². The van der Waals surface area contributed by atoms with Crippen molar-refractivity contribution in [1.82, 2.24) is 15.0 Å². The third kappa shape index (κ3) is 4.67. The Balaban J connectivity index is 1.40. The molecule has 0 amide bonds. The van der Waals surface area contributed by atoms with Crippen molar-refractivity contribution >= 4 is 38.8 Å². The van der Waals surface area contributed by atoms with Crippen LogP contribution in [-0.2, 0) is 6.42 Å². The highest BCUT2D eigenvalue weighted by molar-refractivity contribution is 7.18. The van der Waals surface area contributed by atoms with Crippen LogP contribution < -0.4 is 11.1 Å². The number of hydrogen-bond acceptors (Lipinski definition) is 6. The SMILES string of the molecule is NC(CNc1ncc(-c2ccc3cnc(F)cc3c2)s1)Cc1cnc(F)c(Cl)c1. The van der Waals surface area contributed by atoms with Gasteiger partial charge in [-0.1, -0.05) is 35.1 Å². The number of pyridine rings is 2. The Labute approximate surface area is 174 Å². The van der Waals surface area contributed by atoms with Crippen molar-refractivity contribution in [1.29, 1.82) is 0 Å². The maximum Gasteiger partial charge on any atom is 0.231 e. The van der Waals surface area contributed by atoms with Gasteiger partial charge in [0.25, 0.3) is 0 Å². The fourth-order valence-electron chi connectivity index (χ4n) is 2.92. The minimum absolute atomic E-state index is 0.0155. The monoisotopic (exact) mass is 431 g/mol. The van der Waals surface area contributed by atoms with E-state index in [1.807, 2.05) is 18.2 Å². The molecule has 1 aromatic carbocycles. The second-order valence-corrected chi connectivity index (χ2v) is 8.00. The van der Waals surface area contributed by atoms with E-state index in [0.717, 1.165) is 31.9 Å². The van der Waals surface area contributed by atoms with Crippen LogP contribution in [0.4, 0.5) is 13.9 Å². The van der Waals surface area contributed by atoms with E-state index in [0.29, 0.717) is 13.0 Å². The van der Waals surface area contributed by atoms with Crippen LogP contribution in [0.25, 0.3) is 21.2 Å². The van der Waals surface area contributed by atoms with Gasteiger partial charge in [-0.3, -0.25) is 0 Å². The first kappa shape index (κ1) is 19.6. The van der Waals surface area contributed by atoms with Crippen LogP contribution in [0.5, 0.6) is 0 Å². The van der Waals surface area contributed by atoms with Gasteiger partial charge in [0.05, 0.1) is 9.90 Å². The topological polar surface area (TPSA) is 76.7 Å². The van der Waals surface area contributed by atoms with E-state index in [2.05, 4.69) is 20.3 Å². The number of benzene rings is 1. The Hall–Kier alpha value is -2.68. The summed E-state index contributed by atoms with van der Waals surface area (Å²) in [7, 11) is 0. The van der Waals surface area contributed by atoms with Crippen molar-refractivity contribution in [3.05, 3.63) is 71.4 Å². The summed E-state index contributed by atoms with van der Waals surface area (Å²) in [6, 6.07) is 8.49. The second kappa shape index (κ2) is 8.36. The molecule has 5 nitrogen and oxygen atoms in total. The number of nitrogens with one attached hydrogen (secondary N) is 1. The molecule has 1 unspecified atom stereocenters. The Morgan fingerprint density at radius 2 is 1.90 bits per heavy atom. The van der Waals surface area contributed by atoms with Gasteiger partial charge < -0.3 is 11.1 Å².